The van der Waals surface area contributed by atoms with Gasteiger partial charge in [0.15, 0.2) is 0 Å². The topological polar surface area (TPSA) is 82.8 Å². The van der Waals surface area contributed by atoms with E-state index < -0.39 is 30.2 Å². The van der Waals surface area contributed by atoms with E-state index in [2.05, 4.69) is 29.6 Å². The van der Waals surface area contributed by atoms with Crippen LogP contribution in [0.2, 0.25) is 0 Å². The molecule has 6 nitrogen and oxygen atoms in total. The van der Waals surface area contributed by atoms with Crippen LogP contribution in [0, 0.1) is 5.82 Å². The number of nitrogen functional groups attached to an aromatic ring is 1. The minimum atomic E-state index is -0.753. The number of halogens is 1. The zero-order valence-electron chi connectivity index (χ0n) is 22.1. The molecule has 196 valence electrons. The van der Waals surface area contributed by atoms with E-state index in [1.54, 1.807) is 6.08 Å². The maximum atomic E-state index is 14.0. The molecule has 0 aromatic heterocycles. The van der Waals surface area contributed by atoms with Gasteiger partial charge in [0.2, 0.25) is 0 Å². The Morgan fingerprint density at radius 3 is 2.18 bits per heavy atom. The Morgan fingerprint density at radius 1 is 1.00 bits per heavy atom. The minimum absolute atomic E-state index is 0.0432. The molecule has 2 aliphatic rings. The van der Waals surface area contributed by atoms with Crippen LogP contribution in [0.25, 0.3) is 17.2 Å². The van der Waals surface area contributed by atoms with Gasteiger partial charge in [0.05, 0.1) is 11.2 Å². The zero-order chi connectivity index (χ0) is 27.1. The highest BCUT2D eigenvalue weighted by Crippen LogP contribution is 2.44. The fourth-order valence-electron chi connectivity index (χ4n) is 4.89. The summed E-state index contributed by atoms with van der Waals surface area (Å²) >= 11 is 0. The number of carbonyl (C=O) groups is 1. The van der Waals surface area contributed by atoms with Gasteiger partial charge in [-0.25, -0.2) is 9.18 Å². The van der Waals surface area contributed by atoms with Gasteiger partial charge in [-0.05, 0) is 79.2 Å². The summed E-state index contributed by atoms with van der Waals surface area (Å²) in [4.78, 5) is 12.8. The molecule has 8 heteroatoms. The number of carbonyl (C=O) groups excluding carboxylic acids is 1. The number of nitrogens with one attached hydrogen (secondary N) is 1. The first-order valence-electron chi connectivity index (χ1n) is 12.8. The van der Waals surface area contributed by atoms with Gasteiger partial charge in [-0.1, -0.05) is 54.6 Å². The second-order valence-corrected chi connectivity index (χ2v) is 10.8. The fourth-order valence-corrected chi connectivity index (χ4v) is 4.89. The van der Waals surface area contributed by atoms with E-state index >= 15 is 0 Å². The number of alkyl carbamates (subject to hydrolysis) is 1. The Labute approximate surface area is 223 Å². The van der Waals surface area contributed by atoms with Crippen molar-refractivity contribution in [3.8, 4) is 11.1 Å². The Kier molecular flexibility index (Phi) is 6.80. The van der Waals surface area contributed by atoms with Crippen molar-refractivity contribution in [1.82, 2.24) is 5.32 Å². The molecule has 3 N–H and O–H groups in total. The van der Waals surface area contributed by atoms with Gasteiger partial charge in [-0.3, -0.25) is 0 Å². The first kappa shape index (κ1) is 26.0. The van der Waals surface area contributed by atoms with Crippen LogP contribution in [0.5, 0.6) is 0 Å². The molecule has 0 bridgehead atoms. The van der Waals surface area contributed by atoms with Gasteiger partial charge >= 0.3 is 13.2 Å². The summed E-state index contributed by atoms with van der Waals surface area (Å²) in [6.07, 6.45) is 1.13. The molecule has 1 heterocycles. The lowest BCUT2D eigenvalue weighted by atomic mass is 9.77. The number of anilines is 1. The summed E-state index contributed by atoms with van der Waals surface area (Å²) in [5.41, 5.74) is 11.0. The van der Waals surface area contributed by atoms with Crippen LogP contribution in [-0.2, 0) is 14.0 Å². The van der Waals surface area contributed by atoms with Gasteiger partial charge in [0.1, 0.15) is 12.4 Å². The van der Waals surface area contributed by atoms with E-state index in [1.165, 1.54) is 18.2 Å². The summed E-state index contributed by atoms with van der Waals surface area (Å²) in [5.74, 6) is -0.457. The Morgan fingerprint density at radius 2 is 1.58 bits per heavy atom. The molecule has 3 aromatic carbocycles. The molecule has 0 saturated carbocycles. The maximum Gasteiger partial charge on any atom is 0.492 e. The summed E-state index contributed by atoms with van der Waals surface area (Å²) in [6, 6.07) is 20.5. The van der Waals surface area contributed by atoms with Gasteiger partial charge < -0.3 is 25.1 Å². The van der Waals surface area contributed by atoms with Crippen LogP contribution in [0.4, 0.5) is 14.9 Å². The number of hydrogen-bond acceptors (Lipinski definition) is 5. The number of benzene rings is 3. The highest BCUT2D eigenvalue weighted by molar-refractivity contribution is 6.56. The van der Waals surface area contributed by atoms with Crippen molar-refractivity contribution >= 4 is 25.0 Å². The summed E-state index contributed by atoms with van der Waals surface area (Å²) in [7, 11) is -0.753. The van der Waals surface area contributed by atoms with E-state index in [0.717, 1.165) is 22.3 Å². The van der Waals surface area contributed by atoms with Crippen LogP contribution in [0.1, 0.15) is 50.3 Å². The molecule has 1 saturated heterocycles. The van der Waals surface area contributed by atoms with E-state index in [9.17, 15) is 9.18 Å². The molecule has 3 aromatic rings. The average molecular weight is 514 g/mol. The lowest BCUT2D eigenvalue weighted by Gasteiger charge is -2.32. The molecule has 1 amide bonds. The number of rotatable bonds is 6. The number of nitrogens with two attached hydrogens (primary N) is 1. The third-order valence-corrected chi connectivity index (χ3v) is 7.73. The molecule has 38 heavy (non-hydrogen) atoms. The number of amides is 1. The predicted octanol–water partition coefficient (Wildman–Crippen LogP) is 5.96. The van der Waals surface area contributed by atoms with E-state index in [0.29, 0.717) is 16.7 Å². The first-order valence-corrected chi connectivity index (χ1v) is 12.8. The van der Waals surface area contributed by atoms with Gasteiger partial charge in [-0.2, -0.15) is 0 Å². The largest absolute Gasteiger partial charge is 0.492 e. The highest BCUT2D eigenvalue weighted by Gasteiger charge is 2.52. The highest BCUT2D eigenvalue weighted by atomic mass is 19.1. The van der Waals surface area contributed by atoms with E-state index in [1.807, 2.05) is 52.0 Å². The summed E-state index contributed by atoms with van der Waals surface area (Å²) in [6.45, 7) is 8.05. The summed E-state index contributed by atoms with van der Waals surface area (Å²) < 4.78 is 32.0. The zero-order valence-corrected chi connectivity index (χ0v) is 22.1. The average Bonchev–Trinajstić information content (AvgIpc) is 3.31. The van der Waals surface area contributed by atoms with Crippen molar-refractivity contribution in [3.05, 3.63) is 94.7 Å². The van der Waals surface area contributed by atoms with E-state index in [4.69, 9.17) is 19.8 Å². The lowest BCUT2D eigenvalue weighted by molar-refractivity contribution is 0.00578. The fraction of sp³-hybridized carbons (Fsp3) is 0.300. The maximum absolute atomic E-state index is 14.0. The molecule has 1 aliphatic heterocycles. The molecule has 0 unspecified atom stereocenters. The van der Waals surface area contributed by atoms with Crippen LogP contribution in [-0.4, -0.2) is 37.6 Å². The standard InChI is InChI=1S/C30H32BFN2O4/c1-29(2)30(3,4)38-31(37-29)20(15-19-16-21(32)13-14-27(19)33)17-34-28(35)36-18-26-24-11-7-5-9-22(24)23-10-6-8-12-25(23)26/h5-16,26H,17-18,33H2,1-4H3,(H,34,35). The SMILES string of the molecule is CC1(C)OB(C(=Cc2cc(F)ccc2N)CNC(=O)OCC2c3ccccc3-c3ccccc32)OC1(C)C. The van der Waals surface area contributed by atoms with Crippen LogP contribution >= 0.6 is 0 Å². The second kappa shape index (κ2) is 9.93. The van der Waals surface area contributed by atoms with Crippen LogP contribution in [0.15, 0.2) is 72.2 Å². The summed E-state index contributed by atoms with van der Waals surface area (Å²) in [5, 5.41) is 2.82. The molecule has 0 spiro atoms. The normalized spacial score (nSPS) is 17.7. The van der Waals surface area contributed by atoms with Gasteiger partial charge in [-0.15, -0.1) is 0 Å². The molecule has 1 fully saturated rings. The molecular weight excluding hydrogens is 482 g/mol. The first-order chi connectivity index (χ1) is 18.1. The van der Waals surface area contributed by atoms with Crippen molar-refractivity contribution in [2.24, 2.45) is 0 Å². The van der Waals surface area contributed by atoms with Crippen LogP contribution < -0.4 is 11.1 Å². The monoisotopic (exact) mass is 514 g/mol. The van der Waals surface area contributed by atoms with Crippen LogP contribution in [0.3, 0.4) is 0 Å². The molecule has 1 aliphatic carbocycles. The molecule has 0 atom stereocenters. The number of ether oxygens (including phenoxy) is 1. The van der Waals surface area contributed by atoms with Crippen molar-refractivity contribution < 1.29 is 23.2 Å². The smallest absolute Gasteiger partial charge is 0.449 e. The number of hydrogen-bond donors (Lipinski definition) is 2. The molecule has 0 radical (unpaired) electrons. The quantitative estimate of drug-likeness (QED) is 0.313. The van der Waals surface area contributed by atoms with Crippen molar-refractivity contribution in [2.75, 3.05) is 18.9 Å². The van der Waals surface area contributed by atoms with E-state index in [-0.39, 0.29) is 19.1 Å². The van der Waals surface area contributed by atoms with Crippen molar-refractivity contribution in [1.29, 1.82) is 0 Å². The van der Waals surface area contributed by atoms with Gasteiger partial charge in [0, 0.05) is 18.2 Å². The Hall–Kier alpha value is -3.62. The lowest BCUT2D eigenvalue weighted by Crippen LogP contribution is -2.41. The predicted molar refractivity (Wildman–Crippen MR) is 148 cm³/mol. The number of fused-ring (bicyclic) bond motifs is 3. The van der Waals surface area contributed by atoms with Crippen molar-refractivity contribution in [2.45, 2.75) is 44.8 Å². The minimum Gasteiger partial charge on any atom is -0.449 e. The molecular formula is C30H32BFN2O4. The Bertz CT molecular complexity index is 1340. The van der Waals surface area contributed by atoms with Crippen molar-refractivity contribution in [3.63, 3.8) is 0 Å². The molecule has 5 rings (SSSR count). The third kappa shape index (κ3) is 4.94. The van der Waals surface area contributed by atoms with Gasteiger partial charge in [0.25, 0.3) is 0 Å². The second-order valence-electron chi connectivity index (χ2n) is 10.8. The Balaban J connectivity index is 1.31. The third-order valence-electron chi connectivity index (χ3n) is 7.73.